The van der Waals surface area contributed by atoms with Crippen molar-refractivity contribution in [1.82, 2.24) is 24.6 Å². The average molecular weight is 1280 g/mol. The minimum absolute atomic E-state index is 0. The van der Waals surface area contributed by atoms with Crippen LogP contribution in [0.15, 0.2) is 157 Å². The van der Waals surface area contributed by atoms with Crippen LogP contribution in [0.1, 0.15) is 174 Å². The number of nitrogen functional groups attached to an aromatic ring is 1. The number of allylic oxidation sites excluding steroid dienone is 6. The fourth-order valence-electron chi connectivity index (χ4n) is 12.2. The van der Waals surface area contributed by atoms with E-state index in [1.54, 1.807) is 12.8 Å². The van der Waals surface area contributed by atoms with Crippen molar-refractivity contribution in [2.24, 2.45) is 11.8 Å². The molecule has 1 aliphatic heterocycles. The standard InChI is InChI=1S/C46H52N6O4.C24H32O4.C5H6O2.CH3B.CH4/c1-5-6-8-12-32-26-39(53)42(38-25-31(4)16-21-37(38)30(2)3)40(27-32)55-24-22-41(54)51-23-11-13-34(28-51)52-46-43(45(47)48-29-49-46)44(50-52)33-17-19-36(20-18-33)56-35-14-9-7-10-15-35;1-5-6-7-8-18-14-21(25)24(22(15-18)28-12-11-23(26)27)20-13-17(4)9-10-19(20)16(2)3;1-3-5(6)7-4-2;1-2;/h7,9-10,14-15,17-20,22,24-27,29,34,37-38,53H,2,5-6,8,11-13,16,21,23,28H2,1,3-4H3,(H2,47,48,49);11-15,19-20,25H,2,5-10H2,1,3-4H3,(H,26,27);1H,4H2,2H3;1H3;1H4/b24-22+;12-11+;;;/t34-,37-,38+;19-,20+;;;/m10.../s1/i;;;1D;. The predicted molar refractivity (Wildman–Crippen MR) is 378 cm³/mol. The number of carbonyl (C=O) groups is 3. The maximum atomic E-state index is 13.8. The number of esters is 1. The molecule has 4 aromatic carbocycles. The molecule has 0 spiro atoms. The summed E-state index contributed by atoms with van der Waals surface area (Å²) in [7, 11) is 4.51. The first-order chi connectivity index (χ1) is 45.2. The van der Waals surface area contributed by atoms with Crippen molar-refractivity contribution in [1.29, 1.82) is 0 Å². The number of amides is 1. The van der Waals surface area contributed by atoms with E-state index in [0.717, 1.165) is 135 Å². The molecule has 1 fully saturated rings. The molecule has 5 N–H and O–H groups in total. The van der Waals surface area contributed by atoms with Crippen LogP contribution in [0.2, 0.25) is 6.80 Å². The van der Waals surface area contributed by atoms with Crippen LogP contribution in [0.5, 0.6) is 34.5 Å². The van der Waals surface area contributed by atoms with Gasteiger partial charge in [0.2, 0.25) is 5.91 Å². The molecule has 3 heterocycles. The second kappa shape index (κ2) is 38.0. The topological polar surface area (TPSA) is 222 Å². The summed E-state index contributed by atoms with van der Waals surface area (Å²) in [6.07, 6.45) is 29.4. The molecule has 6 aromatic rings. The number of anilines is 1. The molecule has 498 valence electrons. The lowest BCUT2D eigenvalue weighted by Gasteiger charge is -2.32. The fraction of sp³-hybridized carbons (Fsp3) is 0.403. The number of aromatic hydroxyl groups is 2. The number of likely N-dealkylation sites (tertiary alicyclic amines) is 1. The van der Waals surface area contributed by atoms with Gasteiger partial charge in [0.1, 0.15) is 52.3 Å². The molecule has 0 saturated carbocycles. The smallest absolute Gasteiger partial charge is 0.384 e. The van der Waals surface area contributed by atoms with E-state index < -0.39 is 11.9 Å². The van der Waals surface area contributed by atoms with Crippen molar-refractivity contribution >= 4 is 42.5 Å². The van der Waals surface area contributed by atoms with Crippen LogP contribution in [-0.4, -0.2) is 85.4 Å². The summed E-state index contributed by atoms with van der Waals surface area (Å²) in [5.41, 5.74) is 16.8. The number of phenols is 2. The summed E-state index contributed by atoms with van der Waals surface area (Å²) in [5, 5.41) is 37.0. The predicted octanol–water partition coefficient (Wildman–Crippen LogP) is 17.2. The second-order valence-electron chi connectivity index (χ2n) is 23.8. The number of terminal acetylenes is 1. The number of nitrogens with two attached hydrogens (primary N) is 1. The fourth-order valence-corrected chi connectivity index (χ4v) is 12.2. The van der Waals surface area contributed by atoms with Gasteiger partial charge in [-0.2, -0.15) is 5.10 Å². The monoisotopic (exact) mass is 1280 g/mol. The minimum Gasteiger partial charge on any atom is -0.507 e. The molecule has 17 heteroatoms. The highest BCUT2D eigenvalue weighted by Gasteiger charge is 2.33. The first-order valence-electron chi connectivity index (χ1n) is 33.0. The zero-order valence-electron chi connectivity index (χ0n) is 56.2. The van der Waals surface area contributed by atoms with Gasteiger partial charge in [-0.3, -0.25) is 4.79 Å². The number of ether oxygens (including phenoxy) is 4. The van der Waals surface area contributed by atoms with E-state index >= 15 is 0 Å². The quantitative estimate of drug-likeness (QED) is 0.00685. The molecular weight excluding hydrogens is 1180 g/mol. The van der Waals surface area contributed by atoms with Crippen LogP contribution in [0.3, 0.4) is 0 Å². The van der Waals surface area contributed by atoms with E-state index in [4.69, 9.17) is 31.5 Å². The number of aromatic nitrogens is 4. The SMILES string of the molecule is C.C#CC(=O)OCC.C=C(C)[C@@H]1CCC(C)=C[C@H]1c1c(O)cc(CCCCC)cc1O/C=C/C(=O)O.C=C(C)[C@H]1CCC(C)=C[C@@H]1c1c(O)cc(CCCCC)cc1O/C=C/C(=O)N1CCC[C@@H](n2nc(-c3ccc(Oc4ccccc4)cc3)c3c(N)ncnc32)C1.[2H]C[B]. The number of rotatable bonds is 23. The molecule has 0 unspecified atom stereocenters. The molecule has 2 radical (unpaired) electrons. The van der Waals surface area contributed by atoms with E-state index in [1.165, 1.54) is 36.1 Å². The first-order valence-corrected chi connectivity index (χ1v) is 32.3. The third-order valence-corrected chi connectivity index (χ3v) is 16.8. The molecule has 0 bridgehead atoms. The first kappa shape index (κ1) is 73.8. The summed E-state index contributed by atoms with van der Waals surface area (Å²) in [6.45, 7) is 24.2. The largest absolute Gasteiger partial charge is 0.507 e. The van der Waals surface area contributed by atoms with E-state index in [0.29, 0.717) is 65.1 Å². The highest BCUT2D eigenvalue weighted by Crippen LogP contribution is 2.49. The number of aliphatic carboxylic acids is 1. The number of hydrogen-bond donors (Lipinski definition) is 4. The molecule has 94 heavy (non-hydrogen) atoms. The van der Waals surface area contributed by atoms with Crippen LogP contribution in [-0.2, 0) is 32.0 Å². The van der Waals surface area contributed by atoms with Crippen molar-refractivity contribution in [3.63, 3.8) is 0 Å². The van der Waals surface area contributed by atoms with E-state index in [9.17, 15) is 24.6 Å². The maximum absolute atomic E-state index is 13.8. The van der Waals surface area contributed by atoms with Gasteiger partial charge in [0.15, 0.2) is 5.65 Å². The van der Waals surface area contributed by atoms with Crippen molar-refractivity contribution in [2.45, 2.75) is 170 Å². The van der Waals surface area contributed by atoms with Gasteiger partial charge in [0, 0.05) is 55.0 Å². The van der Waals surface area contributed by atoms with Gasteiger partial charge in [-0.15, -0.1) is 6.42 Å². The van der Waals surface area contributed by atoms with Gasteiger partial charge in [-0.1, -0.05) is 120 Å². The van der Waals surface area contributed by atoms with Crippen LogP contribution in [0.4, 0.5) is 5.82 Å². The molecule has 16 nitrogen and oxygen atoms in total. The van der Waals surface area contributed by atoms with Crippen molar-refractivity contribution in [2.75, 3.05) is 25.4 Å². The zero-order chi connectivity index (χ0) is 68.3. The molecule has 5 atom stereocenters. The normalized spacial score (nSPS) is 17.6. The Morgan fingerprint density at radius 1 is 0.787 bits per heavy atom. The second-order valence-corrected chi connectivity index (χ2v) is 23.8. The number of carbonyl (C=O) groups excluding carboxylic acids is 2. The molecule has 3 aliphatic rings. The lowest BCUT2D eigenvalue weighted by molar-refractivity contribution is -0.136. The van der Waals surface area contributed by atoms with Gasteiger partial charge in [-0.25, -0.2) is 24.2 Å². The Labute approximate surface area is 560 Å². The van der Waals surface area contributed by atoms with E-state index in [2.05, 4.69) is 88.9 Å². The molecule has 2 aromatic heterocycles. The molecule has 2 aliphatic carbocycles. The number of aryl methyl sites for hydroxylation is 2. The van der Waals surface area contributed by atoms with Gasteiger partial charge in [-0.05, 0) is 182 Å². The van der Waals surface area contributed by atoms with Crippen LogP contribution in [0, 0.1) is 24.2 Å². The van der Waals surface area contributed by atoms with Crippen LogP contribution >= 0.6 is 0 Å². The number of carboxylic acids is 1. The van der Waals surface area contributed by atoms with E-state index in [1.807, 2.05) is 95.4 Å². The van der Waals surface area contributed by atoms with Crippen LogP contribution in [0.25, 0.3) is 22.3 Å². The number of carboxylic acid groups (broad SMARTS) is 1. The van der Waals surface area contributed by atoms with Gasteiger partial charge in [0.25, 0.3) is 0 Å². The average Bonchev–Trinajstić information content (AvgIpc) is 1.72. The highest BCUT2D eigenvalue weighted by molar-refractivity contribution is 6.05. The lowest BCUT2D eigenvalue weighted by atomic mass is 9.73. The zero-order valence-corrected chi connectivity index (χ0v) is 55.2. The Kier molecular flexibility index (Phi) is 29.8. The summed E-state index contributed by atoms with van der Waals surface area (Å²) < 4.78 is 30.2. The molecule has 1 amide bonds. The van der Waals surface area contributed by atoms with Crippen molar-refractivity contribution < 1.29 is 50.0 Å². The molecule has 1 saturated heterocycles. The van der Waals surface area contributed by atoms with Crippen molar-refractivity contribution in [3.8, 4) is 58.1 Å². The number of unbranched alkanes of at least 4 members (excludes halogenated alkanes) is 4. The number of benzene rings is 4. The summed E-state index contributed by atoms with van der Waals surface area (Å²) in [6, 6.07) is 24.9. The Bertz CT molecular complexity index is 3700. The number of fused-ring (bicyclic) bond motifs is 1. The Morgan fingerprint density at radius 2 is 1.32 bits per heavy atom. The number of nitrogens with zero attached hydrogens (tertiary/aromatic N) is 5. The van der Waals surface area contributed by atoms with Gasteiger partial charge in [0.05, 0.1) is 44.5 Å². The number of piperidine rings is 1. The Balaban J connectivity index is 0.000000349. The summed E-state index contributed by atoms with van der Waals surface area (Å²) in [5.74, 6) is 3.60. The number of hydrogen-bond acceptors (Lipinski definition) is 13. The number of para-hydroxylation sites is 1. The Hall–Kier alpha value is -9.30. The molecule has 9 rings (SSSR count). The third-order valence-electron chi connectivity index (χ3n) is 16.8. The lowest BCUT2D eigenvalue weighted by Crippen LogP contribution is -2.40. The summed E-state index contributed by atoms with van der Waals surface area (Å²) >= 11 is 0. The summed E-state index contributed by atoms with van der Waals surface area (Å²) in [4.78, 5) is 45.3. The van der Waals surface area contributed by atoms with Crippen molar-refractivity contribution in [3.05, 3.63) is 180 Å². The Morgan fingerprint density at radius 3 is 1.81 bits per heavy atom. The maximum Gasteiger partial charge on any atom is 0.384 e. The van der Waals surface area contributed by atoms with E-state index in [-0.39, 0.29) is 61.3 Å². The van der Waals surface area contributed by atoms with Gasteiger partial charge < -0.3 is 44.9 Å². The molecular formula is C77H97BN6O10. The minimum atomic E-state index is -1.07. The highest BCUT2D eigenvalue weighted by atomic mass is 16.5. The van der Waals surface area contributed by atoms with Gasteiger partial charge >= 0.3 is 11.9 Å². The third kappa shape index (κ3) is 21.1. The number of phenolic OH excluding ortho intramolecular Hbond substituents is 2. The van der Waals surface area contributed by atoms with Crippen LogP contribution < -0.4 is 19.9 Å².